The summed E-state index contributed by atoms with van der Waals surface area (Å²) < 4.78 is 100. The Labute approximate surface area is 339 Å². The number of alkyl halides is 7. The van der Waals surface area contributed by atoms with Crippen LogP contribution in [0.4, 0.5) is 26.3 Å². The third-order valence-electron chi connectivity index (χ3n) is 7.85. The van der Waals surface area contributed by atoms with E-state index in [-0.39, 0.29) is 82.0 Å². The van der Waals surface area contributed by atoms with Crippen molar-refractivity contribution < 1.29 is 54.9 Å². The van der Waals surface area contributed by atoms with E-state index < -0.39 is 29.4 Å². The maximum absolute atomic E-state index is 13.4. The molecule has 0 aliphatic carbocycles. The SMILES string of the molecule is CCOc1ccc(-c2cc3[nH]cnc3c(C#N)n2)cc1C(F)(F)F.CCOc1ccc(-c2cc3c(ncn3CC(=O)OC)c(C#N)n2)cc1C(F)(F)F.COC(=O)CBr. The molecule has 6 aromatic rings. The third kappa shape index (κ3) is 11.0. The van der Waals surface area contributed by atoms with Crippen molar-refractivity contribution >= 4 is 49.9 Å². The van der Waals surface area contributed by atoms with Gasteiger partial charge in [0, 0.05) is 11.1 Å². The Morgan fingerprint density at radius 2 is 1.27 bits per heavy atom. The van der Waals surface area contributed by atoms with E-state index in [0.29, 0.717) is 16.6 Å². The standard InChI is InChI=1S/C19H15F3N4O3.C16H11F3N4O.C3H5BrO2/c1-3-29-16-5-4-11(6-12(16)19(20,21)22)13-7-15-18(14(8-23)25-13)24-10-26(15)9-17(27)28-2;1-2-24-14-4-3-9(5-10(14)16(17,18)19)11-6-12-15(22-8-21-12)13(7-20)23-11;1-6-3(5)2-4/h4-7,10H,3,9H2,1-2H3;3-6,8H,2H2,1H3,(H,21,22);2H2,1H3. The molecule has 0 aliphatic heterocycles. The monoisotopic (exact) mass is 888 g/mol. The number of ether oxygens (including phenoxy) is 4. The Balaban J connectivity index is 0.000000232. The van der Waals surface area contributed by atoms with Crippen molar-refractivity contribution in [1.82, 2.24) is 29.5 Å². The Morgan fingerprint density at radius 3 is 1.71 bits per heavy atom. The van der Waals surface area contributed by atoms with E-state index in [1.54, 1.807) is 19.9 Å². The second-order valence-corrected chi connectivity index (χ2v) is 12.1. The predicted molar refractivity (Wildman–Crippen MR) is 202 cm³/mol. The zero-order valence-electron chi connectivity index (χ0n) is 31.3. The summed E-state index contributed by atoms with van der Waals surface area (Å²) in [7, 11) is 2.58. The normalized spacial score (nSPS) is 11.0. The number of nitriles is 2. The maximum atomic E-state index is 13.4. The van der Waals surface area contributed by atoms with Crippen molar-refractivity contribution in [2.75, 3.05) is 32.8 Å². The molecule has 59 heavy (non-hydrogen) atoms. The van der Waals surface area contributed by atoms with E-state index in [1.807, 2.05) is 12.1 Å². The van der Waals surface area contributed by atoms with Crippen LogP contribution in [0, 0.1) is 22.7 Å². The summed E-state index contributed by atoms with van der Waals surface area (Å²) in [5.74, 6) is -1.31. The van der Waals surface area contributed by atoms with Gasteiger partial charge < -0.3 is 28.5 Å². The van der Waals surface area contributed by atoms with Crippen molar-refractivity contribution in [1.29, 1.82) is 10.5 Å². The van der Waals surface area contributed by atoms with Gasteiger partial charge in [-0.3, -0.25) is 9.59 Å². The number of rotatable bonds is 9. The average Bonchev–Trinajstić information content (AvgIpc) is 3.87. The second kappa shape index (κ2) is 19.6. The number of imidazole rings is 2. The van der Waals surface area contributed by atoms with E-state index in [1.165, 1.54) is 61.8 Å². The fraction of sp³-hybridized carbons (Fsp3) is 0.263. The molecular weight excluding hydrogens is 858 g/mol. The number of benzene rings is 2. The highest BCUT2D eigenvalue weighted by atomic mass is 79.9. The van der Waals surface area contributed by atoms with Gasteiger partial charge in [0.25, 0.3) is 0 Å². The molecule has 21 heteroatoms. The number of hydrogen-bond donors (Lipinski definition) is 1. The molecule has 0 unspecified atom stereocenters. The van der Waals surface area contributed by atoms with E-state index >= 15 is 0 Å². The molecule has 0 bridgehead atoms. The molecule has 0 atom stereocenters. The lowest BCUT2D eigenvalue weighted by Crippen LogP contribution is -2.10. The van der Waals surface area contributed by atoms with Crippen molar-refractivity contribution in [3.63, 3.8) is 0 Å². The average molecular weight is 890 g/mol. The van der Waals surface area contributed by atoms with Gasteiger partial charge in [0.1, 0.15) is 46.5 Å². The van der Waals surface area contributed by atoms with Gasteiger partial charge in [-0.05, 0) is 62.4 Å². The number of fused-ring (bicyclic) bond motifs is 2. The smallest absolute Gasteiger partial charge is 0.419 e. The highest BCUT2D eigenvalue weighted by Crippen LogP contribution is 2.40. The number of aromatic nitrogens is 6. The quantitative estimate of drug-likeness (QED) is 0.0837. The van der Waals surface area contributed by atoms with Gasteiger partial charge in [-0.25, -0.2) is 19.9 Å². The van der Waals surface area contributed by atoms with Gasteiger partial charge in [-0.15, -0.1) is 0 Å². The number of carbonyl (C=O) groups is 2. The molecule has 4 aromatic heterocycles. The highest BCUT2D eigenvalue weighted by molar-refractivity contribution is 9.09. The number of halogens is 7. The third-order valence-corrected chi connectivity index (χ3v) is 8.31. The van der Waals surface area contributed by atoms with Crippen LogP contribution in [0.2, 0.25) is 0 Å². The molecule has 308 valence electrons. The molecule has 0 spiro atoms. The van der Waals surface area contributed by atoms with Gasteiger partial charge in [-0.2, -0.15) is 36.9 Å². The molecule has 14 nitrogen and oxygen atoms in total. The van der Waals surface area contributed by atoms with Crippen LogP contribution < -0.4 is 9.47 Å². The summed E-state index contributed by atoms with van der Waals surface area (Å²) in [5.41, 5.74) is 0.431. The molecule has 6 rings (SSSR count). The Kier molecular flexibility index (Phi) is 14.9. The van der Waals surface area contributed by atoms with Gasteiger partial charge >= 0.3 is 24.3 Å². The molecule has 0 fully saturated rings. The summed E-state index contributed by atoms with van der Waals surface area (Å²) in [6.45, 7) is 3.24. The van der Waals surface area contributed by atoms with Crippen LogP contribution in [-0.4, -0.2) is 74.2 Å². The van der Waals surface area contributed by atoms with E-state index in [4.69, 9.17) is 14.7 Å². The summed E-state index contributed by atoms with van der Waals surface area (Å²) in [4.78, 5) is 40.6. The van der Waals surface area contributed by atoms with Crippen LogP contribution in [0.1, 0.15) is 36.4 Å². The van der Waals surface area contributed by atoms with Gasteiger partial charge in [0.2, 0.25) is 0 Å². The van der Waals surface area contributed by atoms with Crippen molar-refractivity contribution in [3.05, 3.63) is 83.7 Å². The zero-order valence-corrected chi connectivity index (χ0v) is 32.9. The summed E-state index contributed by atoms with van der Waals surface area (Å²) >= 11 is 2.90. The Morgan fingerprint density at radius 1 is 0.763 bits per heavy atom. The van der Waals surface area contributed by atoms with Crippen molar-refractivity contribution in [2.45, 2.75) is 32.7 Å². The lowest BCUT2D eigenvalue weighted by Gasteiger charge is -2.14. The fourth-order valence-electron chi connectivity index (χ4n) is 5.23. The Bertz CT molecular complexity index is 2540. The van der Waals surface area contributed by atoms with Crippen molar-refractivity contribution in [3.8, 4) is 46.2 Å². The largest absolute Gasteiger partial charge is 0.493 e. The molecule has 0 saturated heterocycles. The number of nitrogens with zero attached hydrogens (tertiary/aromatic N) is 7. The van der Waals surface area contributed by atoms with Crippen LogP contribution in [0.5, 0.6) is 11.5 Å². The van der Waals surface area contributed by atoms with Gasteiger partial charge in [-0.1, -0.05) is 15.9 Å². The topological polar surface area (TPSA) is 191 Å². The van der Waals surface area contributed by atoms with E-state index in [2.05, 4.69) is 50.3 Å². The minimum atomic E-state index is -4.63. The lowest BCUT2D eigenvalue weighted by atomic mass is 10.1. The molecule has 0 radical (unpaired) electrons. The first-order chi connectivity index (χ1) is 28.0. The lowest BCUT2D eigenvalue weighted by molar-refractivity contribution is -0.141. The molecule has 0 aliphatic rings. The summed E-state index contributed by atoms with van der Waals surface area (Å²) in [5, 5.41) is 18.8. The molecule has 1 N–H and O–H groups in total. The maximum Gasteiger partial charge on any atom is 0.419 e. The van der Waals surface area contributed by atoms with Crippen LogP contribution in [-0.2, 0) is 38.0 Å². The number of esters is 2. The fourth-order valence-corrected chi connectivity index (χ4v) is 5.46. The zero-order chi connectivity index (χ0) is 43.5. The van der Waals surface area contributed by atoms with Crippen LogP contribution in [0.3, 0.4) is 0 Å². The first-order valence-corrected chi connectivity index (χ1v) is 18.0. The number of nitrogens with one attached hydrogen (secondary N) is 1. The number of pyridine rings is 2. The van der Waals surface area contributed by atoms with Gasteiger partial charge in [0.05, 0.1) is 73.6 Å². The number of carbonyl (C=O) groups excluding carboxylic acids is 2. The summed E-state index contributed by atoms with van der Waals surface area (Å²) in [6.07, 6.45) is -6.45. The molecular formula is C38H31BrF6N8O6. The minimum Gasteiger partial charge on any atom is -0.493 e. The molecule has 4 heterocycles. The van der Waals surface area contributed by atoms with Crippen LogP contribution in [0.15, 0.2) is 61.2 Å². The second-order valence-electron chi connectivity index (χ2n) is 11.5. The highest BCUT2D eigenvalue weighted by Gasteiger charge is 2.36. The van der Waals surface area contributed by atoms with Crippen LogP contribution >= 0.6 is 15.9 Å². The number of H-pyrrole nitrogens is 1. The molecule has 0 saturated carbocycles. The number of methoxy groups -OCH3 is 2. The van der Waals surface area contributed by atoms with E-state index in [0.717, 1.165) is 12.1 Å². The molecule has 0 amide bonds. The summed E-state index contributed by atoms with van der Waals surface area (Å²) in [6, 6.07) is 14.1. The first kappa shape index (κ1) is 45.0. The first-order valence-electron chi connectivity index (χ1n) is 16.9. The number of hydrogen-bond acceptors (Lipinski definition) is 12. The predicted octanol–water partition coefficient (Wildman–Crippen LogP) is 8.03. The van der Waals surface area contributed by atoms with Crippen LogP contribution in [0.25, 0.3) is 44.6 Å². The minimum absolute atomic E-state index is 0.0474. The molecule has 2 aromatic carbocycles. The number of aromatic amines is 1. The van der Waals surface area contributed by atoms with Crippen molar-refractivity contribution in [2.24, 2.45) is 0 Å². The van der Waals surface area contributed by atoms with E-state index in [9.17, 15) is 41.2 Å². The Hall–Kier alpha value is -6.74. The van der Waals surface area contributed by atoms with Gasteiger partial charge in [0.15, 0.2) is 11.4 Å².